The number of piperidine rings is 1. The molecule has 122 valence electrons. The van der Waals surface area contributed by atoms with Crippen LogP contribution >= 0.6 is 0 Å². The highest BCUT2D eigenvalue weighted by Gasteiger charge is 2.41. The molecule has 1 aliphatic heterocycles. The minimum atomic E-state index is -3.99. The summed E-state index contributed by atoms with van der Waals surface area (Å²) in [6.45, 7) is -0.187. The largest absolute Gasteiger partial charge is 0.316 e. The molecule has 1 heterocycles. The highest BCUT2D eigenvalue weighted by atomic mass is 32.2. The summed E-state index contributed by atoms with van der Waals surface area (Å²) < 4.78 is 53.5. The van der Waals surface area contributed by atoms with Crippen molar-refractivity contribution in [2.45, 2.75) is 17.2 Å². The van der Waals surface area contributed by atoms with Gasteiger partial charge in [0.05, 0.1) is 9.82 Å². The van der Waals surface area contributed by atoms with Crippen LogP contribution in [0.5, 0.6) is 0 Å². The first-order valence-electron chi connectivity index (χ1n) is 6.55. The zero-order valence-corrected chi connectivity index (χ0v) is 12.3. The van der Waals surface area contributed by atoms with E-state index in [1.807, 2.05) is 0 Å². The lowest BCUT2D eigenvalue weighted by Crippen LogP contribution is -2.49. The Morgan fingerprint density at radius 3 is 2.55 bits per heavy atom. The van der Waals surface area contributed by atoms with Crippen molar-refractivity contribution >= 4 is 15.7 Å². The fraction of sp³-hybridized carbons (Fsp3) is 0.500. The molecule has 1 aromatic rings. The number of nitro groups is 1. The first-order chi connectivity index (χ1) is 10.2. The van der Waals surface area contributed by atoms with Gasteiger partial charge in [0.1, 0.15) is 0 Å². The van der Waals surface area contributed by atoms with Crippen LogP contribution in [-0.4, -0.2) is 38.9 Å². The van der Waals surface area contributed by atoms with Crippen LogP contribution in [0.25, 0.3) is 0 Å². The molecule has 2 rings (SSSR count). The van der Waals surface area contributed by atoms with E-state index < -0.39 is 33.3 Å². The Kier molecular flexibility index (Phi) is 4.73. The Hall–Kier alpha value is -1.65. The molecule has 1 unspecified atom stereocenters. The number of nitro benzene ring substituents is 1. The first kappa shape index (κ1) is 16.7. The Labute approximate surface area is 125 Å². The van der Waals surface area contributed by atoms with Crippen LogP contribution in [0.4, 0.5) is 14.5 Å². The maximum Gasteiger partial charge on any atom is 0.269 e. The van der Waals surface area contributed by atoms with Crippen molar-refractivity contribution < 1.29 is 22.1 Å². The molecule has 0 amide bonds. The minimum absolute atomic E-state index is 0.0236. The van der Waals surface area contributed by atoms with Crippen molar-refractivity contribution in [3.05, 3.63) is 34.4 Å². The SMILES string of the molecule is O=[N+]([O-])c1ccc(S(=O)(=O)NCC2CNCCC2(F)F)cc1. The average Bonchev–Trinajstić information content (AvgIpc) is 2.46. The van der Waals surface area contributed by atoms with Crippen LogP contribution in [0.2, 0.25) is 0 Å². The molecule has 0 aromatic heterocycles. The molecule has 7 nitrogen and oxygen atoms in total. The van der Waals surface area contributed by atoms with Gasteiger partial charge in [-0.15, -0.1) is 0 Å². The third-order valence-corrected chi connectivity index (χ3v) is 4.94. The van der Waals surface area contributed by atoms with Gasteiger partial charge in [-0.25, -0.2) is 21.9 Å². The van der Waals surface area contributed by atoms with E-state index in [4.69, 9.17) is 0 Å². The van der Waals surface area contributed by atoms with Gasteiger partial charge in [0.15, 0.2) is 0 Å². The lowest BCUT2D eigenvalue weighted by molar-refractivity contribution is -0.384. The van der Waals surface area contributed by atoms with E-state index in [1.54, 1.807) is 0 Å². The average molecular weight is 335 g/mol. The van der Waals surface area contributed by atoms with Crippen LogP contribution in [-0.2, 0) is 10.0 Å². The van der Waals surface area contributed by atoms with E-state index in [0.717, 1.165) is 24.3 Å². The van der Waals surface area contributed by atoms with E-state index in [1.165, 1.54) is 0 Å². The maximum absolute atomic E-state index is 13.6. The molecule has 0 aliphatic carbocycles. The molecule has 1 aromatic carbocycles. The van der Waals surface area contributed by atoms with Gasteiger partial charge >= 0.3 is 0 Å². The summed E-state index contributed by atoms with van der Waals surface area (Å²) in [5.41, 5.74) is -0.248. The van der Waals surface area contributed by atoms with Crippen molar-refractivity contribution in [3.63, 3.8) is 0 Å². The predicted octanol–water partition coefficient (Wildman–Crippen LogP) is 1.12. The van der Waals surface area contributed by atoms with Crippen molar-refractivity contribution in [2.75, 3.05) is 19.6 Å². The summed E-state index contributed by atoms with van der Waals surface area (Å²) in [4.78, 5) is 9.66. The molecule has 1 saturated heterocycles. The van der Waals surface area contributed by atoms with Gasteiger partial charge in [0.25, 0.3) is 11.6 Å². The molecule has 1 fully saturated rings. The zero-order valence-electron chi connectivity index (χ0n) is 11.5. The molecule has 0 radical (unpaired) electrons. The number of hydrogen-bond acceptors (Lipinski definition) is 5. The molecule has 0 spiro atoms. The summed E-state index contributed by atoms with van der Waals surface area (Å²) in [5, 5.41) is 13.3. The normalized spacial score (nSPS) is 21.5. The second-order valence-electron chi connectivity index (χ2n) is 5.01. The topological polar surface area (TPSA) is 101 Å². The highest BCUT2D eigenvalue weighted by molar-refractivity contribution is 7.89. The van der Waals surface area contributed by atoms with E-state index in [-0.39, 0.29) is 30.1 Å². The van der Waals surface area contributed by atoms with Gasteiger partial charge < -0.3 is 5.32 Å². The Morgan fingerprint density at radius 2 is 2.00 bits per heavy atom. The van der Waals surface area contributed by atoms with Gasteiger partial charge in [-0.05, 0) is 12.1 Å². The van der Waals surface area contributed by atoms with E-state index >= 15 is 0 Å². The number of rotatable bonds is 5. The summed E-state index contributed by atoms with van der Waals surface area (Å²) in [5.74, 6) is -4.06. The third kappa shape index (κ3) is 3.76. The third-order valence-electron chi connectivity index (χ3n) is 3.50. The maximum atomic E-state index is 13.6. The number of nitrogens with one attached hydrogen (secondary N) is 2. The van der Waals surface area contributed by atoms with Gasteiger partial charge in [-0.2, -0.15) is 0 Å². The number of nitrogens with zero attached hydrogens (tertiary/aromatic N) is 1. The Bertz CT molecular complexity index is 649. The number of hydrogen-bond donors (Lipinski definition) is 2. The van der Waals surface area contributed by atoms with Crippen LogP contribution < -0.4 is 10.0 Å². The summed E-state index contributed by atoms with van der Waals surface area (Å²) in [6, 6.07) is 4.23. The smallest absolute Gasteiger partial charge is 0.269 e. The van der Waals surface area contributed by atoms with Gasteiger partial charge in [-0.3, -0.25) is 10.1 Å². The summed E-state index contributed by atoms with van der Waals surface area (Å²) in [7, 11) is -3.99. The van der Waals surface area contributed by atoms with Crippen LogP contribution in [0, 0.1) is 16.0 Å². The Morgan fingerprint density at radius 1 is 1.36 bits per heavy atom. The molecule has 22 heavy (non-hydrogen) atoms. The quantitative estimate of drug-likeness (QED) is 0.620. The molecule has 0 saturated carbocycles. The lowest BCUT2D eigenvalue weighted by atomic mass is 9.95. The lowest BCUT2D eigenvalue weighted by Gasteiger charge is -2.31. The molecule has 1 aliphatic rings. The predicted molar refractivity (Wildman–Crippen MR) is 74.2 cm³/mol. The second kappa shape index (κ2) is 6.23. The fourth-order valence-electron chi connectivity index (χ4n) is 2.15. The molecular formula is C12H15F2N3O4S. The second-order valence-corrected chi connectivity index (χ2v) is 6.78. The van der Waals surface area contributed by atoms with Gasteiger partial charge in [-0.1, -0.05) is 0 Å². The first-order valence-corrected chi connectivity index (χ1v) is 8.03. The van der Waals surface area contributed by atoms with Gasteiger partial charge in [0.2, 0.25) is 10.0 Å². The highest BCUT2D eigenvalue weighted by Crippen LogP contribution is 2.30. The van der Waals surface area contributed by atoms with Crippen LogP contribution in [0.3, 0.4) is 0 Å². The monoisotopic (exact) mass is 335 g/mol. The zero-order chi connectivity index (χ0) is 16.4. The van der Waals surface area contributed by atoms with E-state index in [0.29, 0.717) is 0 Å². The van der Waals surface area contributed by atoms with E-state index in [2.05, 4.69) is 10.0 Å². The van der Waals surface area contributed by atoms with Crippen molar-refractivity contribution in [1.82, 2.24) is 10.0 Å². The molecular weight excluding hydrogens is 320 g/mol. The molecule has 0 bridgehead atoms. The van der Waals surface area contributed by atoms with Crippen molar-refractivity contribution in [2.24, 2.45) is 5.92 Å². The minimum Gasteiger partial charge on any atom is -0.316 e. The number of non-ortho nitro benzene ring substituents is 1. The number of benzene rings is 1. The summed E-state index contributed by atoms with van der Waals surface area (Å²) >= 11 is 0. The number of halogens is 2. The number of alkyl halides is 2. The summed E-state index contributed by atoms with van der Waals surface area (Å²) in [6.07, 6.45) is -0.336. The fourth-order valence-corrected chi connectivity index (χ4v) is 3.23. The van der Waals surface area contributed by atoms with E-state index in [9.17, 15) is 27.3 Å². The molecule has 1 atom stereocenters. The van der Waals surface area contributed by atoms with Crippen LogP contribution in [0.1, 0.15) is 6.42 Å². The Balaban J connectivity index is 2.06. The molecule has 10 heteroatoms. The van der Waals surface area contributed by atoms with Crippen molar-refractivity contribution in [1.29, 1.82) is 0 Å². The van der Waals surface area contributed by atoms with Crippen LogP contribution in [0.15, 0.2) is 29.2 Å². The standard InChI is InChI=1S/C12H15F2N3O4S/c13-12(14)5-6-15-7-9(12)8-16-22(20,21)11-3-1-10(2-4-11)17(18)19/h1-4,9,15-16H,5-8H2. The molecule has 2 N–H and O–H groups in total. The number of sulfonamides is 1. The van der Waals surface area contributed by atoms with Crippen molar-refractivity contribution in [3.8, 4) is 0 Å². The van der Waals surface area contributed by atoms with Gasteiger partial charge in [0, 0.05) is 44.1 Å².